The van der Waals surface area contributed by atoms with Crippen LogP contribution in [0, 0.1) is 5.92 Å². The average Bonchev–Trinajstić information content (AvgIpc) is 2.75. The molecule has 2 heterocycles. The number of rotatable bonds is 2. The van der Waals surface area contributed by atoms with Crippen LogP contribution in [0.1, 0.15) is 19.4 Å². The molecule has 0 amide bonds. The van der Waals surface area contributed by atoms with Gasteiger partial charge in [0, 0.05) is 35.4 Å². The van der Waals surface area contributed by atoms with E-state index in [0.717, 1.165) is 20.9 Å². The molecule has 110 valence electrons. The molecule has 1 N–H and O–H groups in total. The number of carbonyl (C=O) groups is 2. The van der Waals surface area contributed by atoms with Crippen molar-refractivity contribution in [3.63, 3.8) is 0 Å². The Morgan fingerprint density at radius 3 is 2.57 bits per heavy atom. The lowest BCUT2D eigenvalue weighted by atomic mass is 9.98. The molecule has 6 heteroatoms. The number of ether oxygens (including phenoxy) is 2. The maximum Gasteiger partial charge on any atom is 0.323 e. The van der Waals surface area contributed by atoms with Crippen LogP contribution in [0.25, 0.3) is 10.9 Å². The molecule has 5 nitrogen and oxygen atoms in total. The Kier molecular flexibility index (Phi) is 3.28. The standard InChI is InChI=1S/C15H14BrNO4/c1-15(2)20-13(18)11(14(19)21-15)5-8-7-17-12-4-3-9(16)6-10(8)12/h3-4,6-7,11,17H,5H2,1-2H3. The highest BCUT2D eigenvalue weighted by atomic mass is 79.9. The van der Waals surface area contributed by atoms with Crippen LogP contribution in [0.4, 0.5) is 0 Å². The summed E-state index contributed by atoms with van der Waals surface area (Å²) in [6.45, 7) is 3.09. The number of hydrogen-bond acceptors (Lipinski definition) is 4. The van der Waals surface area contributed by atoms with Crippen LogP contribution < -0.4 is 0 Å². The summed E-state index contributed by atoms with van der Waals surface area (Å²) in [7, 11) is 0. The number of aromatic nitrogens is 1. The Bertz CT molecular complexity index is 714. The Balaban J connectivity index is 1.90. The zero-order valence-electron chi connectivity index (χ0n) is 11.6. The van der Waals surface area contributed by atoms with Crippen molar-refractivity contribution < 1.29 is 19.1 Å². The molecule has 0 unspecified atom stereocenters. The molecule has 0 spiro atoms. The smallest absolute Gasteiger partial charge is 0.323 e. The molecule has 1 aliphatic rings. The Labute approximate surface area is 129 Å². The van der Waals surface area contributed by atoms with Crippen molar-refractivity contribution in [3.05, 3.63) is 34.4 Å². The monoisotopic (exact) mass is 351 g/mol. The summed E-state index contributed by atoms with van der Waals surface area (Å²) in [5.74, 6) is -3.19. The van der Waals surface area contributed by atoms with Crippen molar-refractivity contribution in [2.45, 2.75) is 26.1 Å². The van der Waals surface area contributed by atoms with E-state index in [9.17, 15) is 9.59 Å². The summed E-state index contributed by atoms with van der Waals surface area (Å²) in [6.07, 6.45) is 2.06. The van der Waals surface area contributed by atoms with Crippen molar-refractivity contribution >= 4 is 38.8 Å². The Morgan fingerprint density at radius 1 is 1.24 bits per heavy atom. The molecule has 1 aromatic carbocycles. The molecule has 1 saturated heterocycles. The van der Waals surface area contributed by atoms with Gasteiger partial charge in [-0.05, 0) is 30.2 Å². The number of halogens is 1. The second-order valence-corrected chi connectivity index (χ2v) is 6.42. The van der Waals surface area contributed by atoms with Gasteiger partial charge in [0.1, 0.15) is 0 Å². The molecule has 0 saturated carbocycles. The fourth-order valence-corrected chi connectivity index (χ4v) is 2.81. The van der Waals surface area contributed by atoms with Gasteiger partial charge in [-0.25, -0.2) is 0 Å². The molecule has 3 rings (SSSR count). The van der Waals surface area contributed by atoms with E-state index in [-0.39, 0.29) is 6.42 Å². The maximum atomic E-state index is 12.0. The predicted octanol–water partition coefficient (Wildman–Crippen LogP) is 2.93. The van der Waals surface area contributed by atoms with Gasteiger partial charge in [-0.15, -0.1) is 0 Å². The Morgan fingerprint density at radius 2 is 1.90 bits per heavy atom. The van der Waals surface area contributed by atoms with Crippen LogP contribution in [-0.2, 0) is 25.5 Å². The van der Waals surface area contributed by atoms with Gasteiger partial charge >= 0.3 is 11.9 Å². The molecule has 2 aromatic rings. The molecule has 1 fully saturated rings. The number of aromatic amines is 1. The first-order chi connectivity index (χ1) is 9.85. The summed E-state index contributed by atoms with van der Waals surface area (Å²) >= 11 is 3.42. The number of H-pyrrole nitrogens is 1. The number of fused-ring (bicyclic) bond motifs is 1. The molecule has 1 aliphatic heterocycles. The van der Waals surface area contributed by atoms with Crippen molar-refractivity contribution in [2.24, 2.45) is 5.92 Å². The van der Waals surface area contributed by atoms with Crippen LogP contribution in [0.3, 0.4) is 0 Å². The molecule has 21 heavy (non-hydrogen) atoms. The van der Waals surface area contributed by atoms with E-state index in [0.29, 0.717) is 0 Å². The van der Waals surface area contributed by atoms with E-state index in [1.54, 1.807) is 20.0 Å². The van der Waals surface area contributed by atoms with Crippen molar-refractivity contribution in [3.8, 4) is 0 Å². The van der Waals surface area contributed by atoms with E-state index < -0.39 is 23.6 Å². The number of hydrogen-bond donors (Lipinski definition) is 1. The van der Waals surface area contributed by atoms with Gasteiger partial charge in [0.2, 0.25) is 0 Å². The normalized spacial score (nSPS) is 18.6. The molecular formula is C15H14BrNO4. The average molecular weight is 352 g/mol. The highest BCUT2D eigenvalue weighted by Gasteiger charge is 2.43. The first-order valence-corrected chi connectivity index (χ1v) is 7.36. The summed E-state index contributed by atoms with van der Waals surface area (Å²) in [5, 5.41) is 0.967. The van der Waals surface area contributed by atoms with Crippen LogP contribution in [0.15, 0.2) is 28.9 Å². The van der Waals surface area contributed by atoms with E-state index >= 15 is 0 Å². The highest BCUT2D eigenvalue weighted by Crippen LogP contribution is 2.29. The summed E-state index contributed by atoms with van der Waals surface area (Å²) < 4.78 is 11.2. The quantitative estimate of drug-likeness (QED) is 0.667. The van der Waals surface area contributed by atoms with Crippen molar-refractivity contribution in [1.82, 2.24) is 4.98 Å². The SMILES string of the molecule is CC1(C)OC(=O)C(Cc2c[nH]c3ccc(Br)cc23)C(=O)O1. The number of carbonyl (C=O) groups excluding carboxylic acids is 2. The van der Waals surface area contributed by atoms with E-state index in [4.69, 9.17) is 9.47 Å². The topological polar surface area (TPSA) is 68.4 Å². The highest BCUT2D eigenvalue weighted by molar-refractivity contribution is 9.10. The minimum Gasteiger partial charge on any atom is -0.422 e. The van der Waals surface area contributed by atoms with E-state index in [1.165, 1.54) is 0 Å². The third-order valence-corrected chi connectivity index (χ3v) is 3.91. The van der Waals surface area contributed by atoms with Gasteiger partial charge in [-0.1, -0.05) is 15.9 Å². The molecule has 0 atom stereocenters. The predicted molar refractivity (Wildman–Crippen MR) is 79.5 cm³/mol. The van der Waals surface area contributed by atoms with Gasteiger partial charge in [0.15, 0.2) is 5.92 Å². The van der Waals surface area contributed by atoms with Gasteiger partial charge in [-0.2, -0.15) is 0 Å². The second kappa shape index (κ2) is 4.87. The molecule has 0 radical (unpaired) electrons. The second-order valence-electron chi connectivity index (χ2n) is 5.50. The van der Waals surface area contributed by atoms with Crippen LogP contribution in [0.2, 0.25) is 0 Å². The number of nitrogens with one attached hydrogen (secondary N) is 1. The lowest BCUT2D eigenvalue weighted by Crippen LogP contribution is -2.46. The van der Waals surface area contributed by atoms with Crippen molar-refractivity contribution in [1.29, 1.82) is 0 Å². The number of benzene rings is 1. The lowest BCUT2D eigenvalue weighted by Gasteiger charge is -2.32. The van der Waals surface area contributed by atoms with Gasteiger partial charge < -0.3 is 14.5 Å². The van der Waals surface area contributed by atoms with Crippen molar-refractivity contribution in [2.75, 3.05) is 0 Å². The first-order valence-electron chi connectivity index (χ1n) is 6.57. The van der Waals surface area contributed by atoms with Crippen LogP contribution >= 0.6 is 15.9 Å². The molecule has 0 bridgehead atoms. The van der Waals surface area contributed by atoms with Crippen LogP contribution in [-0.4, -0.2) is 22.7 Å². The minimum absolute atomic E-state index is 0.254. The minimum atomic E-state index is -1.19. The zero-order valence-corrected chi connectivity index (χ0v) is 13.2. The number of esters is 2. The van der Waals surface area contributed by atoms with Gasteiger partial charge in [0.05, 0.1) is 0 Å². The zero-order chi connectivity index (χ0) is 15.2. The van der Waals surface area contributed by atoms with E-state index in [1.807, 2.05) is 18.2 Å². The fourth-order valence-electron chi connectivity index (χ4n) is 2.45. The van der Waals surface area contributed by atoms with Gasteiger partial charge in [-0.3, -0.25) is 9.59 Å². The third kappa shape index (κ3) is 2.68. The molecular weight excluding hydrogens is 338 g/mol. The van der Waals surface area contributed by atoms with E-state index in [2.05, 4.69) is 20.9 Å². The molecule has 1 aromatic heterocycles. The lowest BCUT2D eigenvalue weighted by molar-refractivity contribution is -0.239. The first kappa shape index (κ1) is 14.1. The maximum absolute atomic E-state index is 12.0. The molecule has 0 aliphatic carbocycles. The van der Waals surface area contributed by atoms with Crippen LogP contribution in [0.5, 0.6) is 0 Å². The Hall–Kier alpha value is -1.82. The summed E-state index contributed by atoms with van der Waals surface area (Å²) in [4.78, 5) is 27.1. The third-order valence-electron chi connectivity index (χ3n) is 3.42. The fraction of sp³-hybridized carbons (Fsp3) is 0.333. The summed E-state index contributed by atoms with van der Waals surface area (Å²) in [5.41, 5.74) is 1.83. The number of cyclic esters (lactones) is 2. The summed E-state index contributed by atoms with van der Waals surface area (Å²) in [6, 6.07) is 5.81. The largest absolute Gasteiger partial charge is 0.422 e. The van der Waals surface area contributed by atoms with Gasteiger partial charge in [0.25, 0.3) is 5.79 Å².